The van der Waals surface area contributed by atoms with E-state index in [1.54, 1.807) is 11.3 Å². The number of anilines is 1. The highest BCUT2D eigenvalue weighted by Gasteiger charge is 2.35. The van der Waals surface area contributed by atoms with Crippen molar-refractivity contribution in [1.29, 1.82) is 0 Å². The number of aryl methyl sites for hydroxylation is 1. The molecular weight excluding hydrogens is 282 g/mol. The first-order valence-corrected chi connectivity index (χ1v) is 8.00. The van der Waals surface area contributed by atoms with Gasteiger partial charge in [-0.2, -0.15) is 0 Å². The van der Waals surface area contributed by atoms with Gasteiger partial charge in [-0.25, -0.2) is 4.98 Å². The molecule has 0 aliphatic carbocycles. The number of para-hydroxylation sites is 1. The Labute approximate surface area is 129 Å². The average molecular weight is 301 g/mol. The van der Waals surface area contributed by atoms with Crippen LogP contribution in [0, 0.1) is 6.92 Å². The minimum absolute atomic E-state index is 0.0355. The molecule has 2 heterocycles. The Balaban J connectivity index is 1.70. The zero-order valence-electron chi connectivity index (χ0n) is 12.3. The molecule has 1 aliphatic heterocycles. The summed E-state index contributed by atoms with van der Waals surface area (Å²) in [7, 11) is 2.02. The lowest BCUT2D eigenvalue weighted by molar-refractivity contribution is -0.121. The normalized spacial score (nSPS) is 18.7. The van der Waals surface area contributed by atoms with E-state index in [2.05, 4.69) is 9.88 Å². The highest BCUT2D eigenvalue weighted by Crippen LogP contribution is 2.25. The third kappa shape index (κ3) is 2.84. The Kier molecular flexibility index (Phi) is 4.03. The zero-order chi connectivity index (χ0) is 14.8. The van der Waals surface area contributed by atoms with E-state index >= 15 is 0 Å². The third-order valence-electron chi connectivity index (χ3n) is 4.02. The van der Waals surface area contributed by atoms with Gasteiger partial charge in [0.25, 0.3) is 0 Å². The van der Waals surface area contributed by atoms with Crippen LogP contribution < -0.4 is 4.90 Å². The van der Waals surface area contributed by atoms with Gasteiger partial charge in [-0.05, 0) is 32.5 Å². The van der Waals surface area contributed by atoms with E-state index in [-0.39, 0.29) is 11.9 Å². The Morgan fingerprint density at radius 2 is 2.14 bits per heavy atom. The fourth-order valence-electron chi connectivity index (χ4n) is 2.75. The summed E-state index contributed by atoms with van der Waals surface area (Å²) in [6, 6.07) is 9.87. The topological polar surface area (TPSA) is 36.4 Å². The molecular formula is C16H19N3OS. The van der Waals surface area contributed by atoms with Crippen LogP contribution >= 0.6 is 11.3 Å². The number of likely N-dealkylation sites (N-methyl/N-ethyl adjacent to an activating group) is 1. The van der Waals surface area contributed by atoms with Gasteiger partial charge in [0.2, 0.25) is 5.91 Å². The number of rotatable bonds is 4. The van der Waals surface area contributed by atoms with Gasteiger partial charge in [-0.3, -0.25) is 9.69 Å². The molecule has 21 heavy (non-hydrogen) atoms. The monoisotopic (exact) mass is 301 g/mol. The maximum absolute atomic E-state index is 12.6. The molecule has 0 radical (unpaired) electrons. The smallest absolute Gasteiger partial charge is 0.244 e. The summed E-state index contributed by atoms with van der Waals surface area (Å²) >= 11 is 1.66. The number of hydrogen-bond acceptors (Lipinski definition) is 4. The molecule has 110 valence electrons. The molecule has 1 saturated heterocycles. The van der Waals surface area contributed by atoms with Gasteiger partial charge < -0.3 is 4.90 Å². The SMILES string of the molecule is Cc1ncsc1CN(C)[C@@H]1CCN(c2ccccc2)C1=O. The second-order valence-corrected chi connectivity index (χ2v) is 6.35. The maximum Gasteiger partial charge on any atom is 0.244 e. The summed E-state index contributed by atoms with van der Waals surface area (Å²) in [4.78, 5) is 22.2. The van der Waals surface area contributed by atoms with Crippen LogP contribution in [0.15, 0.2) is 35.8 Å². The molecule has 1 fully saturated rings. The molecule has 0 bridgehead atoms. The van der Waals surface area contributed by atoms with Crippen LogP contribution in [0.3, 0.4) is 0 Å². The molecule has 2 aromatic rings. The van der Waals surface area contributed by atoms with Crippen molar-refractivity contribution in [3.8, 4) is 0 Å². The Morgan fingerprint density at radius 1 is 1.38 bits per heavy atom. The lowest BCUT2D eigenvalue weighted by atomic mass is 10.2. The van der Waals surface area contributed by atoms with Crippen molar-refractivity contribution < 1.29 is 4.79 Å². The summed E-state index contributed by atoms with van der Waals surface area (Å²) in [6.45, 7) is 3.60. The van der Waals surface area contributed by atoms with Crippen LogP contribution in [-0.4, -0.2) is 35.4 Å². The minimum atomic E-state index is -0.0355. The van der Waals surface area contributed by atoms with E-state index in [1.807, 2.05) is 54.7 Å². The predicted molar refractivity (Wildman–Crippen MR) is 85.5 cm³/mol. The number of thiazole rings is 1. The van der Waals surface area contributed by atoms with Crippen molar-refractivity contribution >= 4 is 22.9 Å². The lowest BCUT2D eigenvalue weighted by Crippen LogP contribution is -2.39. The highest BCUT2D eigenvalue weighted by molar-refractivity contribution is 7.09. The van der Waals surface area contributed by atoms with Gasteiger partial charge in [-0.1, -0.05) is 18.2 Å². The number of benzene rings is 1. The second-order valence-electron chi connectivity index (χ2n) is 5.41. The van der Waals surface area contributed by atoms with E-state index in [1.165, 1.54) is 4.88 Å². The van der Waals surface area contributed by atoms with Gasteiger partial charge in [0, 0.05) is 23.7 Å². The number of nitrogens with zero attached hydrogens (tertiary/aromatic N) is 3. The van der Waals surface area contributed by atoms with Crippen molar-refractivity contribution in [2.45, 2.75) is 25.9 Å². The molecule has 0 spiro atoms. The molecule has 0 saturated carbocycles. The quantitative estimate of drug-likeness (QED) is 0.871. The zero-order valence-corrected chi connectivity index (χ0v) is 13.1. The number of carbonyl (C=O) groups is 1. The molecule has 1 aromatic heterocycles. The molecule has 4 nitrogen and oxygen atoms in total. The van der Waals surface area contributed by atoms with E-state index in [0.717, 1.165) is 30.9 Å². The molecule has 0 N–H and O–H groups in total. The highest BCUT2D eigenvalue weighted by atomic mass is 32.1. The van der Waals surface area contributed by atoms with Crippen molar-refractivity contribution in [2.75, 3.05) is 18.5 Å². The molecule has 3 rings (SSSR count). The second kappa shape index (κ2) is 5.95. The third-order valence-corrected chi connectivity index (χ3v) is 4.93. The van der Waals surface area contributed by atoms with Gasteiger partial charge >= 0.3 is 0 Å². The summed E-state index contributed by atoms with van der Waals surface area (Å²) in [5, 5.41) is 0. The number of carbonyl (C=O) groups excluding carboxylic acids is 1. The van der Waals surface area contributed by atoms with Crippen molar-refractivity contribution in [3.63, 3.8) is 0 Å². The van der Waals surface area contributed by atoms with Gasteiger partial charge in [-0.15, -0.1) is 11.3 Å². The number of hydrogen-bond donors (Lipinski definition) is 0. The van der Waals surface area contributed by atoms with Crippen LogP contribution in [-0.2, 0) is 11.3 Å². The van der Waals surface area contributed by atoms with Crippen LogP contribution in [0.25, 0.3) is 0 Å². The predicted octanol–water partition coefficient (Wildman–Crippen LogP) is 2.69. The summed E-state index contributed by atoms with van der Waals surface area (Å²) < 4.78 is 0. The maximum atomic E-state index is 12.6. The standard InChI is InChI=1S/C16H19N3OS/c1-12-15(21-11-17-12)10-18(2)14-8-9-19(16(14)20)13-6-4-3-5-7-13/h3-7,11,14H,8-10H2,1-2H3/t14-/m1/s1. The fourth-order valence-corrected chi connectivity index (χ4v) is 3.59. The first kappa shape index (κ1) is 14.2. The minimum Gasteiger partial charge on any atom is -0.311 e. The van der Waals surface area contributed by atoms with Crippen LogP contribution in [0.5, 0.6) is 0 Å². The van der Waals surface area contributed by atoms with Crippen LogP contribution in [0.1, 0.15) is 17.0 Å². The fraction of sp³-hybridized carbons (Fsp3) is 0.375. The molecule has 1 atom stereocenters. The van der Waals surface area contributed by atoms with E-state index in [4.69, 9.17) is 0 Å². The summed E-state index contributed by atoms with van der Waals surface area (Å²) in [5.41, 5.74) is 3.93. The van der Waals surface area contributed by atoms with Gasteiger partial charge in [0.05, 0.1) is 17.2 Å². The van der Waals surface area contributed by atoms with E-state index in [9.17, 15) is 4.79 Å². The average Bonchev–Trinajstić information content (AvgIpc) is 3.06. The van der Waals surface area contributed by atoms with Crippen LogP contribution in [0.2, 0.25) is 0 Å². The molecule has 1 aromatic carbocycles. The number of aromatic nitrogens is 1. The molecule has 1 aliphatic rings. The molecule has 5 heteroatoms. The van der Waals surface area contributed by atoms with Crippen molar-refractivity contribution in [3.05, 3.63) is 46.4 Å². The van der Waals surface area contributed by atoms with Crippen LogP contribution in [0.4, 0.5) is 5.69 Å². The Morgan fingerprint density at radius 3 is 2.81 bits per heavy atom. The van der Waals surface area contributed by atoms with Gasteiger partial charge in [0.1, 0.15) is 0 Å². The van der Waals surface area contributed by atoms with Gasteiger partial charge in [0.15, 0.2) is 0 Å². The van der Waals surface area contributed by atoms with Crippen molar-refractivity contribution in [2.24, 2.45) is 0 Å². The molecule has 1 amide bonds. The van der Waals surface area contributed by atoms with E-state index in [0.29, 0.717) is 0 Å². The summed E-state index contributed by atoms with van der Waals surface area (Å²) in [5.74, 6) is 0.200. The number of amides is 1. The Bertz CT molecular complexity index is 625. The first-order chi connectivity index (χ1) is 10.2. The van der Waals surface area contributed by atoms with E-state index < -0.39 is 0 Å². The van der Waals surface area contributed by atoms with Crippen molar-refractivity contribution in [1.82, 2.24) is 9.88 Å². The molecule has 0 unspecified atom stereocenters. The largest absolute Gasteiger partial charge is 0.311 e. The lowest BCUT2D eigenvalue weighted by Gasteiger charge is -2.23. The Hall–Kier alpha value is -1.72. The summed E-state index contributed by atoms with van der Waals surface area (Å²) in [6.07, 6.45) is 0.877. The first-order valence-electron chi connectivity index (χ1n) is 7.12.